The van der Waals surface area contributed by atoms with Crippen LogP contribution >= 0.6 is 0 Å². The Morgan fingerprint density at radius 3 is 1.31 bits per heavy atom. The van der Waals surface area contributed by atoms with Crippen molar-refractivity contribution in [2.45, 2.75) is 19.3 Å². The molecule has 0 unspecified atom stereocenters. The van der Waals surface area contributed by atoms with Crippen LogP contribution in [-0.2, 0) is 0 Å². The van der Waals surface area contributed by atoms with Gasteiger partial charge in [-0.1, -0.05) is 6.92 Å². The molecule has 0 rings (SSSR count). The number of alkyl halides is 6. The molecule has 0 spiro atoms. The largest absolute Gasteiger partial charge is 0.401 e. The minimum absolute atomic E-state index is 0.279. The fourth-order valence-corrected chi connectivity index (χ4v) is 0.787. The quantitative estimate of drug-likeness (QED) is 0.645. The van der Waals surface area contributed by atoms with E-state index in [0.29, 0.717) is 4.90 Å². The van der Waals surface area contributed by atoms with Crippen molar-refractivity contribution in [1.82, 2.24) is 4.90 Å². The predicted octanol–water partition coefficient (Wildman–Crippen LogP) is 2.43. The lowest BCUT2D eigenvalue weighted by Gasteiger charge is -2.22. The molecule has 0 atom stereocenters. The molecule has 0 aliphatic heterocycles. The summed E-state index contributed by atoms with van der Waals surface area (Å²) < 4.78 is 70.0. The maximum Gasteiger partial charge on any atom is 0.401 e. The van der Waals surface area contributed by atoms with Gasteiger partial charge in [0.25, 0.3) is 0 Å². The Balaban J connectivity index is 4.05. The molecule has 0 aromatic heterocycles. The van der Waals surface area contributed by atoms with Gasteiger partial charge in [-0.25, -0.2) is 0 Å². The van der Waals surface area contributed by atoms with Gasteiger partial charge in [0.05, 0.1) is 13.1 Å². The SMILES string of the molecule is CCN(CC(F)(F)F)CC(F)(F)F. The van der Waals surface area contributed by atoms with Crippen molar-refractivity contribution in [1.29, 1.82) is 0 Å². The standard InChI is InChI=1S/C6H9F6N/c1-2-13(3-5(7,8)9)4-6(10,11)12/h2-4H2,1H3. The minimum atomic E-state index is -4.58. The van der Waals surface area contributed by atoms with Crippen LogP contribution in [-0.4, -0.2) is 36.9 Å². The molecule has 0 saturated carbocycles. The van der Waals surface area contributed by atoms with E-state index in [1.807, 2.05) is 0 Å². The summed E-state index contributed by atoms with van der Waals surface area (Å²) in [7, 11) is 0. The van der Waals surface area contributed by atoms with Crippen molar-refractivity contribution in [3.05, 3.63) is 0 Å². The lowest BCUT2D eigenvalue weighted by Crippen LogP contribution is -2.40. The third-order valence-corrected chi connectivity index (χ3v) is 1.25. The molecule has 0 aromatic carbocycles. The third-order valence-electron chi connectivity index (χ3n) is 1.25. The molecule has 0 heterocycles. The second-order valence-corrected chi connectivity index (χ2v) is 2.53. The summed E-state index contributed by atoms with van der Waals surface area (Å²) in [6, 6.07) is 0. The Kier molecular flexibility index (Phi) is 4.02. The molecule has 1 nitrogen and oxygen atoms in total. The van der Waals surface area contributed by atoms with Gasteiger partial charge in [0.1, 0.15) is 0 Å². The van der Waals surface area contributed by atoms with Crippen LogP contribution < -0.4 is 0 Å². The van der Waals surface area contributed by atoms with E-state index in [9.17, 15) is 26.3 Å². The van der Waals surface area contributed by atoms with E-state index in [-0.39, 0.29) is 6.54 Å². The van der Waals surface area contributed by atoms with E-state index in [1.165, 1.54) is 6.92 Å². The average Bonchev–Trinajstić information content (AvgIpc) is 1.79. The molecule has 80 valence electrons. The highest BCUT2D eigenvalue weighted by molar-refractivity contribution is 4.65. The van der Waals surface area contributed by atoms with E-state index < -0.39 is 25.4 Å². The lowest BCUT2D eigenvalue weighted by atomic mass is 10.4. The smallest absolute Gasteiger partial charge is 0.287 e. The fraction of sp³-hybridized carbons (Fsp3) is 1.00. The van der Waals surface area contributed by atoms with Crippen LogP contribution in [0.15, 0.2) is 0 Å². The predicted molar refractivity (Wildman–Crippen MR) is 34.2 cm³/mol. The first kappa shape index (κ1) is 12.5. The molecule has 0 aromatic rings. The molecule has 0 saturated heterocycles. The topological polar surface area (TPSA) is 3.24 Å². The monoisotopic (exact) mass is 209 g/mol. The van der Waals surface area contributed by atoms with Crippen LogP contribution in [0.2, 0.25) is 0 Å². The van der Waals surface area contributed by atoms with Crippen molar-refractivity contribution >= 4 is 0 Å². The van der Waals surface area contributed by atoms with Crippen molar-refractivity contribution < 1.29 is 26.3 Å². The molecule has 0 amide bonds. The third kappa shape index (κ3) is 7.89. The van der Waals surface area contributed by atoms with E-state index in [1.54, 1.807) is 0 Å². The van der Waals surface area contributed by atoms with Crippen molar-refractivity contribution in [3.63, 3.8) is 0 Å². The van der Waals surface area contributed by atoms with E-state index in [4.69, 9.17) is 0 Å². The normalized spacial score (nSPS) is 13.8. The Bertz CT molecular complexity index is 132. The second kappa shape index (κ2) is 4.17. The molecule has 0 N–H and O–H groups in total. The summed E-state index contributed by atoms with van der Waals surface area (Å²) >= 11 is 0. The molecule has 0 radical (unpaired) electrons. The summed E-state index contributed by atoms with van der Waals surface area (Å²) in [6.45, 7) is -2.08. The number of hydrogen-bond acceptors (Lipinski definition) is 1. The zero-order chi connectivity index (χ0) is 10.7. The molecule has 0 fully saturated rings. The first-order valence-electron chi connectivity index (χ1n) is 3.50. The molecule has 13 heavy (non-hydrogen) atoms. The van der Waals surface area contributed by atoms with Crippen molar-refractivity contribution in [3.8, 4) is 0 Å². The van der Waals surface area contributed by atoms with E-state index >= 15 is 0 Å². The second-order valence-electron chi connectivity index (χ2n) is 2.53. The lowest BCUT2D eigenvalue weighted by molar-refractivity contribution is -0.179. The van der Waals surface area contributed by atoms with Crippen LogP contribution in [0.25, 0.3) is 0 Å². The molecular formula is C6H9F6N. The van der Waals surface area contributed by atoms with E-state index in [0.717, 1.165) is 0 Å². The van der Waals surface area contributed by atoms with Gasteiger partial charge in [-0.3, -0.25) is 4.90 Å². The van der Waals surface area contributed by atoms with Gasteiger partial charge >= 0.3 is 12.4 Å². The molecule has 0 aliphatic rings. The van der Waals surface area contributed by atoms with Crippen LogP contribution in [0.1, 0.15) is 6.92 Å². The van der Waals surface area contributed by atoms with Gasteiger partial charge in [-0.2, -0.15) is 26.3 Å². The zero-order valence-corrected chi connectivity index (χ0v) is 6.84. The Labute approximate surface area is 71.3 Å². The van der Waals surface area contributed by atoms with Gasteiger partial charge in [0.2, 0.25) is 0 Å². The van der Waals surface area contributed by atoms with Gasteiger partial charge in [0, 0.05) is 0 Å². The summed E-state index contributed by atoms with van der Waals surface area (Å²) in [4.78, 5) is 0.292. The highest BCUT2D eigenvalue weighted by Gasteiger charge is 2.36. The molecular weight excluding hydrogens is 200 g/mol. The first-order valence-corrected chi connectivity index (χ1v) is 3.50. The molecule has 0 bridgehead atoms. The maximum absolute atomic E-state index is 11.7. The van der Waals surface area contributed by atoms with Crippen molar-refractivity contribution in [2.75, 3.05) is 19.6 Å². The number of rotatable bonds is 3. The summed E-state index contributed by atoms with van der Waals surface area (Å²) in [5.41, 5.74) is 0. The molecule has 0 aliphatic carbocycles. The van der Waals surface area contributed by atoms with Gasteiger partial charge in [-0.05, 0) is 6.54 Å². The first-order chi connectivity index (χ1) is 5.64. The average molecular weight is 209 g/mol. The van der Waals surface area contributed by atoms with Crippen LogP contribution in [0.5, 0.6) is 0 Å². The highest BCUT2D eigenvalue weighted by Crippen LogP contribution is 2.21. The number of nitrogens with zero attached hydrogens (tertiary/aromatic N) is 1. The fourth-order valence-electron chi connectivity index (χ4n) is 0.787. The van der Waals surface area contributed by atoms with Gasteiger partial charge in [-0.15, -0.1) is 0 Å². The summed E-state index contributed by atoms with van der Waals surface area (Å²) in [6.07, 6.45) is -9.16. The highest BCUT2D eigenvalue weighted by atomic mass is 19.4. The van der Waals surface area contributed by atoms with Gasteiger partial charge in [0.15, 0.2) is 0 Å². The Hall–Kier alpha value is -0.460. The maximum atomic E-state index is 11.7. The summed E-state index contributed by atoms with van der Waals surface area (Å²) in [5, 5.41) is 0. The van der Waals surface area contributed by atoms with Crippen LogP contribution in [0.3, 0.4) is 0 Å². The minimum Gasteiger partial charge on any atom is -0.287 e. The van der Waals surface area contributed by atoms with Crippen molar-refractivity contribution in [2.24, 2.45) is 0 Å². The van der Waals surface area contributed by atoms with Crippen LogP contribution in [0, 0.1) is 0 Å². The molecule has 7 heteroatoms. The van der Waals surface area contributed by atoms with E-state index in [2.05, 4.69) is 0 Å². The Morgan fingerprint density at radius 2 is 1.15 bits per heavy atom. The Morgan fingerprint density at radius 1 is 0.846 bits per heavy atom. The number of halogens is 6. The number of hydrogen-bond donors (Lipinski definition) is 0. The summed E-state index contributed by atoms with van der Waals surface area (Å²) in [5.74, 6) is 0. The zero-order valence-electron chi connectivity index (χ0n) is 6.84. The van der Waals surface area contributed by atoms with Gasteiger partial charge < -0.3 is 0 Å². The van der Waals surface area contributed by atoms with Crippen LogP contribution in [0.4, 0.5) is 26.3 Å².